The molecule has 0 unspecified atom stereocenters. The molecule has 0 heterocycles. The van der Waals surface area contributed by atoms with E-state index in [0.717, 1.165) is 20.9 Å². The molecule has 0 spiro atoms. The second-order valence-electron chi connectivity index (χ2n) is 7.95. The maximum Gasteiger partial charge on any atom is 0.120 e. The first-order valence-electron chi connectivity index (χ1n) is 9.99. The first kappa shape index (κ1) is 18.8. The lowest BCUT2D eigenvalue weighted by molar-refractivity contribution is 0.457. The van der Waals surface area contributed by atoms with Crippen molar-refractivity contribution in [2.45, 2.75) is 29.1 Å². The zero-order valence-electron chi connectivity index (χ0n) is 16.9. The molecule has 0 saturated carbocycles. The van der Waals surface area contributed by atoms with Gasteiger partial charge in [0, 0.05) is 20.8 Å². The predicted molar refractivity (Wildman–Crippen MR) is 123 cm³/mol. The van der Waals surface area contributed by atoms with Crippen molar-refractivity contribution in [2.24, 2.45) is 0 Å². The van der Waals surface area contributed by atoms with E-state index in [9.17, 15) is 10.2 Å². The largest absolute Gasteiger partial charge is 0.508 e. The fourth-order valence-corrected chi connectivity index (χ4v) is 5.51. The molecule has 3 heteroatoms. The molecule has 0 amide bonds. The second kappa shape index (κ2) is 6.96. The number of aromatic hydroxyl groups is 2. The molecule has 4 aromatic rings. The maximum absolute atomic E-state index is 10.9. The van der Waals surface area contributed by atoms with Crippen LogP contribution in [-0.2, 0) is 5.41 Å². The summed E-state index contributed by atoms with van der Waals surface area (Å²) in [7, 11) is 0. The van der Waals surface area contributed by atoms with Crippen LogP contribution in [0.5, 0.6) is 11.5 Å². The fourth-order valence-electron chi connectivity index (χ4n) is 4.55. The number of phenolic OH excluding ortho intramolecular Hbond substituents is 2. The van der Waals surface area contributed by atoms with Crippen LogP contribution in [0.1, 0.15) is 29.2 Å². The molecule has 148 valence electrons. The molecule has 0 atom stereocenters. The molecule has 1 aliphatic carbocycles. The maximum atomic E-state index is 10.9. The fraction of sp³-hybridized carbons (Fsp3) is 0.111. The monoisotopic (exact) mass is 410 g/mol. The molecular formula is C27H22O2S. The Bertz CT molecular complexity index is 1230. The molecule has 0 radical (unpaired) electrons. The molecule has 1 aliphatic rings. The third-order valence-electron chi connectivity index (χ3n) is 6.13. The van der Waals surface area contributed by atoms with E-state index < -0.39 is 5.41 Å². The zero-order valence-corrected chi connectivity index (χ0v) is 17.7. The Morgan fingerprint density at radius 1 is 0.633 bits per heavy atom. The van der Waals surface area contributed by atoms with Crippen LogP contribution in [0, 0.1) is 6.92 Å². The van der Waals surface area contributed by atoms with Crippen LogP contribution >= 0.6 is 11.8 Å². The van der Waals surface area contributed by atoms with Gasteiger partial charge in [-0.3, -0.25) is 0 Å². The van der Waals surface area contributed by atoms with E-state index in [2.05, 4.69) is 61.5 Å². The van der Waals surface area contributed by atoms with Crippen molar-refractivity contribution < 1.29 is 10.2 Å². The Kier molecular flexibility index (Phi) is 4.37. The van der Waals surface area contributed by atoms with Gasteiger partial charge in [-0.15, -0.1) is 0 Å². The van der Waals surface area contributed by atoms with Gasteiger partial charge >= 0.3 is 0 Å². The summed E-state index contributed by atoms with van der Waals surface area (Å²) in [6.45, 7) is 4.10. The van der Waals surface area contributed by atoms with Gasteiger partial charge in [-0.05, 0) is 78.1 Å². The molecule has 0 saturated heterocycles. The van der Waals surface area contributed by atoms with E-state index in [1.54, 1.807) is 23.9 Å². The first-order chi connectivity index (χ1) is 14.5. The lowest BCUT2D eigenvalue weighted by Crippen LogP contribution is -2.22. The number of hydrogen-bond acceptors (Lipinski definition) is 3. The molecule has 2 N–H and O–H groups in total. The van der Waals surface area contributed by atoms with Crippen molar-refractivity contribution in [1.29, 1.82) is 0 Å². The molecule has 0 fully saturated rings. The minimum absolute atomic E-state index is 0.301. The number of rotatable bonds is 3. The number of fused-ring (bicyclic) bond motifs is 3. The van der Waals surface area contributed by atoms with Crippen molar-refractivity contribution in [2.75, 3.05) is 0 Å². The molecular weight excluding hydrogens is 388 g/mol. The highest BCUT2D eigenvalue weighted by atomic mass is 32.2. The number of aryl methyl sites for hydroxylation is 1. The SMILES string of the molecule is Cc1cc(Sc2ccc(O)c(C3(C)c4ccccc4-c4ccccc43)c2)ccc1O. The number of phenols is 2. The van der Waals surface area contributed by atoms with Crippen molar-refractivity contribution in [3.63, 3.8) is 0 Å². The van der Waals surface area contributed by atoms with Crippen LogP contribution < -0.4 is 0 Å². The van der Waals surface area contributed by atoms with Crippen LogP contribution in [0.15, 0.2) is 94.7 Å². The standard InChI is InChI=1S/C27H22O2S/c1-17-15-18(11-13-25(17)28)30-19-12-14-26(29)24(16-19)27(2)22-9-5-3-7-20(22)21-8-4-6-10-23(21)27/h3-16,28-29H,1-2H3. The van der Waals surface area contributed by atoms with Gasteiger partial charge in [-0.2, -0.15) is 0 Å². The summed E-state index contributed by atoms with van der Waals surface area (Å²) in [5.41, 5.74) is 6.20. The van der Waals surface area contributed by atoms with Gasteiger partial charge in [0.1, 0.15) is 11.5 Å². The zero-order chi connectivity index (χ0) is 20.9. The summed E-state index contributed by atoms with van der Waals surface area (Å²) in [4.78, 5) is 2.11. The van der Waals surface area contributed by atoms with Crippen LogP contribution in [0.4, 0.5) is 0 Å². The van der Waals surface area contributed by atoms with Gasteiger partial charge in [-0.1, -0.05) is 60.3 Å². The normalized spacial score (nSPS) is 13.7. The van der Waals surface area contributed by atoms with Gasteiger partial charge in [-0.25, -0.2) is 0 Å². The highest BCUT2D eigenvalue weighted by Gasteiger charge is 2.42. The van der Waals surface area contributed by atoms with Crippen molar-refractivity contribution in [3.8, 4) is 22.6 Å². The summed E-state index contributed by atoms with van der Waals surface area (Å²) in [5.74, 6) is 0.604. The molecule has 30 heavy (non-hydrogen) atoms. The Balaban J connectivity index is 1.65. The molecule has 4 aromatic carbocycles. The van der Waals surface area contributed by atoms with Gasteiger partial charge in [0.2, 0.25) is 0 Å². The number of benzene rings is 4. The topological polar surface area (TPSA) is 40.5 Å². The third-order valence-corrected chi connectivity index (χ3v) is 7.11. The molecule has 0 aromatic heterocycles. The Morgan fingerprint density at radius 3 is 1.77 bits per heavy atom. The first-order valence-corrected chi connectivity index (χ1v) is 10.8. The summed E-state index contributed by atoms with van der Waals surface area (Å²) < 4.78 is 0. The van der Waals surface area contributed by atoms with Crippen molar-refractivity contribution in [3.05, 3.63) is 107 Å². The van der Waals surface area contributed by atoms with Crippen LogP contribution in [0.2, 0.25) is 0 Å². The minimum Gasteiger partial charge on any atom is -0.508 e. The average Bonchev–Trinajstić information content (AvgIpc) is 3.02. The molecule has 2 nitrogen and oxygen atoms in total. The molecule has 5 rings (SSSR count). The quantitative estimate of drug-likeness (QED) is 0.386. The Hall–Kier alpha value is -3.17. The smallest absolute Gasteiger partial charge is 0.120 e. The Labute approximate surface area is 180 Å². The minimum atomic E-state index is -0.432. The van der Waals surface area contributed by atoms with Gasteiger partial charge in [0.15, 0.2) is 0 Å². The van der Waals surface area contributed by atoms with E-state index >= 15 is 0 Å². The lowest BCUT2D eigenvalue weighted by Gasteiger charge is -2.29. The van der Waals surface area contributed by atoms with E-state index in [1.807, 2.05) is 25.1 Å². The van der Waals surface area contributed by atoms with Crippen LogP contribution in [0.25, 0.3) is 11.1 Å². The molecule has 0 bridgehead atoms. The second-order valence-corrected chi connectivity index (χ2v) is 9.09. The van der Waals surface area contributed by atoms with E-state index in [1.165, 1.54) is 22.3 Å². The van der Waals surface area contributed by atoms with Crippen molar-refractivity contribution in [1.82, 2.24) is 0 Å². The van der Waals surface area contributed by atoms with Gasteiger partial charge in [0.25, 0.3) is 0 Å². The van der Waals surface area contributed by atoms with E-state index in [-0.39, 0.29) is 0 Å². The van der Waals surface area contributed by atoms with Gasteiger partial charge in [0.05, 0.1) is 0 Å². The summed E-state index contributed by atoms with van der Waals surface area (Å²) in [6.07, 6.45) is 0. The highest BCUT2D eigenvalue weighted by Crippen LogP contribution is 2.54. The highest BCUT2D eigenvalue weighted by molar-refractivity contribution is 7.99. The van der Waals surface area contributed by atoms with Crippen LogP contribution in [-0.4, -0.2) is 10.2 Å². The van der Waals surface area contributed by atoms with Crippen LogP contribution in [0.3, 0.4) is 0 Å². The Morgan fingerprint density at radius 2 is 1.17 bits per heavy atom. The third kappa shape index (κ3) is 2.81. The van der Waals surface area contributed by atoms with E-state index in [0.29, 0.717) is 11.5 Å². The average molecular weight is 411 g/mol. The van der Waals surface area contributed by atoms with E-state index in [4.69, 9.17) is 0 Å². The summed E-state index contributed by atoms with van der Waals surface area (Å²) in [5, 5.41) is 20.7. The summed E-state index contributed by atoms with van der Waals surface area (Å²) in [6, 6.07) is 28.4. The lowest BCUT2D eigenvalue weighted by atomic mass is 9.74. The molecule has 0 aliphatic heterocycles. The van der Waals surface area contributed by atoms with Crippen molar-refractivity contribution >= 4 is 11.8 Å². The predicted octanol–water partition coefficient (Wildman–Crippen LogP) is 6.89. The number of hydrogen-bond donors (Lipinski definition) is 2. The summed E-state index contributed by atoms with van der Waals surface area (Å²) >= 11 is 1.63. The van der Waals surface area contributed by atoms with Gasteiger partial charge < -0.3 is 10.2 Å².